The second-order valence-electron chi connectivity index (χ2n) is 5.70. The molecule has 1 rings (SSSR count). The first-order valence-corrected chi connectivity index (χ1v) is 8.21. The summed E-state index contributed by atoms with van der Waals surface area (Å²) in [6.45, 7) is 5.27. The molecule has 0 bridgehead atoms. The first kappa shape index (κ1) is 19.0. The Morgan fingerprint density at radius 3 is 2.18 bits per heavy atom. The monoisotopic (exact) mass is 435 g/mol. The maximum atomic E-state index is 11.9. The molecule has 0 aliphatic rings. The summed E-state index contributed by atoms with van der Waals surface area (Å²) in [7, 11) is 1.28. The molecule has 0 saturated carbocycles. The van der Waals surface area contributed by atoms with Gasteiger partial charge in [-0.2, -0.15) is 0 Å². The minimum absolute atomic E-state index is 0.296. The molecule has 1 N–H and O–H groups in total. The Labute approximate surface area is 147 Å². The van der Waals surface area contributed by atoms with Crippen molar-refractivity contribution in [1.82, 2.24) is 5.32 Å². The molecule has 1 amide bonds. The molecule has 1 aromatic carbocycles. The highest BCUT2D eigenvalue weighted by Crippen LogP contribution is 2.21. The molecular weight excluding hydrogens is 418 g/mol. The number of methoxy groups -OCH3 is 1. The van der Waals surface area contributed by atoms with Crippen LogP contribution in [0.3, 0.4) is 0 Å². The van der Waals surface area contributed by atoms with Gasteiger partial charge in [0.05, 0.1) is 7.11 Å². The van der Waals surface area contributed by atoms with E-state index in [0.717, 1.165) is 14.5 Å². The molecule has 1 aromatic rings. The number of rotatable bonds is 4. The van der Waals surface area contributed by atoms with Gasteiger partial charge >= 0.3 is 12.1 Å². The topological polar surface area (TPSA) is 64.6 Å². The number of halogens is 2. The van der Waals surface area contributed by atoms with Crippen LogP contribution >= 0.6 is 31.9 Å². The number of amides is 1. The normalized spacial score (nSPS) is 12.5. The Morgan fingerprint density at radius 2 is 1.73 bits per heavy atom. The Bertz CT molecular complexity index is 535. The first-order chi connectivity index (χ1) is 10.1. The number of hydrogen-bond donors (Lipinski definition) is 1. The van der Waals surface area contributed by atoms with Crippen molar-refractivity contribution in [3.05, 3.63) is 32.7 Å². The number of alkyl carbamates (subject to hydrolysis) is 1. The van der Waals surface area contributed by atoms with Crippen LogP contribution < -0.4 is 5.32 Å². The van der Waals surface area contributed by atoms with E-state index < -0.39 is 23.7 Å². The summed E-state index contributed by atoms with van der Waals surface area (Å²) in [5.41, 5.74) is 0.233. The quantitative estimate of drug-likeness (QED) is 0.728. The number of ether oxygens (including phenoxy) is 2. The van der Waals surface area contributed by atoms with Crippen LogP contribution in [0.4, 0.5) is 4.79 Å². The van der Waals surface area contributed by atoms with Gasteiger partial charge in [0, 0.05) is 15.4 Å². The molecule has 0 spiro atoms. The average molecular weight is 437 g/mol. The summed E-state index contributed by atoms with van der Waals surface area (Å²) < 4.78 is 11.7. The summed E-state index contributed by atoms with van der Waals surface area (Å²) >= 11 is 6.78. The zero-order valence-electron chi connectivity index (χ0n) is 12.9. The van der Waals surface area contributed by atoms with Crippen LogP contribution in [0.25, 0.3) is 0 Å². The fraction of sp³-hybridized carbons (Fsp3) is 0.467. The maximum Gasteiger partial charge on any atom is 0.408 e. The first-order valence-electron chi connectivity index (χ1n) is 6.63. The van der Waals surface area contributed by atoms with Gasteiger partial charge in [0.15, 0.2) is 0 Å². The maximum absolute atomic E-state index is 11.9. The van der Waals surface area contributed by atoms with Crippen LogP contribution in [0, 0.1) is 0 Å². The second kappa shape index (κ2) is 7.97. The predicted molar refractivity (Wildman–Crippen MR) is 90.7 cm³/mol. The lowest BCUT2D eigenvalue weighted by Crippen LogP contribution is -2.45. The molecule has 5 nitrogen and oxygen atoms in total. The zero-order chi connectivity index (χ0) is 16.9. The van der Waals surface area contributed by atoms with Gasteiger partial charge in [0.1, 0.15) is 11.6 Å². The standard InChI is InChI=1S/C15H19Br2NO4/c1-15(2,3)22-14(20)18-12(13(19)21-4)7-9-5-10(16)8-11(17)6-9/h5-6,8,12H,7H2,1-4H3,(H,18,20). The SMILES string of the molecule is COC(=O)C(Cc1cc(Br)cc(Br)c1)NC(=O)OC(C)(C)C. The van der Waals surface area contributed by atoms with Crippen LogP contribution in [-0.2, 0) is 20.7 Å². The number of nitrogens with one attached hydrogen (secondary N) is 1. The highest BCUT2D eigenvalue weighted by Gasteiger charge is 2.25. The molecule has 1 unspecified atom stereocenters. The summed E-state index contributed by atoms with van der Waals surface area (Å²) in [6, 6.07) is 4.81. The van der Waals surface area contributed by atoms with Crippen molar-refractivity contribution in [1.29, 1.82) is 0 Å². The third-order valence-corrected chi connectivity index (χ3v) is 3.45. The molecule has 0 saturated heterocycles. The molecule has 0 aliphatic heterocycles. The number of carbonyl (C=O) groups is 2. The van der Waals surface area contributed by atoms with Gasteiger partial charge in [-0.05, 0) is 44.5 Å². The Balaban J connectivity index is 2.85. The molecule has 0 aromatic heterocycles. The van der Waals surface area contributed by atoms with Crippen molar-refractivity contribution in [2.45, 2.75) is 38.8 Å². The van der Waals surface area contributed by atoms with E-state index >= 15 is 0 Å². The summed E-state index contributed by atoms with van der Waals surface area (Å²) in [5.74, 6) is -0.526. The van der Waals surface area contributed by atoms with Gasteiger partial charge in [-0.25, -0.2) is 9.59 Å². The Hall–Kier alpha value is -1.08. The van der Waals surface area contributed by atoms with Crippen LogP contribution in [0.15, 0.2) is 27.1 Å². The van der Waals surface area contributed by atoms with E-state index in [0.29, 0.717) is 6.42 Å². The van der Waals surface area contributed by atoms with E-state index in [1.807, 2.05) is 18.2 Å². The van der Waals surface area contributed by atoms with E-state index in [2.05, 4.69) is 37.2 Å². The van der Waals surface area contributed by atoms with Gasteiger partial charge in [0.25, 0.3) is 0 Å². The summed E-state index contributed by atoms with van der Waals surface area (Å²) in [5, 5.41) is 2.55. The van der Waals surface area contributed by atoms with Crippen LogP contribution in [-0.4, -0.2) is 30.8 Å². The minimum atomic E-state index is -0.818. The molecule has 122 valence electrons. The van der Waals surface area contributed by atoms with Gasteiger partial charge < -0.3 is 14.8 Å². The molecule has 22 heavy (non-hydrogen) atoms. The molecule has 7 heteroatoms. The second-order valence-corrected chi connectivity index (χ2v) is 7.54. The lowest BCUT2D eigenvalue weighted by atomic mass is 10.1. The van der Waals surface area contributed by atoms with E-state index in [1.54, 1.807) is 20.8 Å². The lowest BCUT2D eigenvalue weighted by Gasteiger charge is -2.22. The number of esters is 1. The average Bonchev–Trinajstić information content (AvgIpc) is 2.33. The number of hydrogen-bond acceptors (Lipinski definition) is 4. The highest BCUT2D eigenvalue weighted by molar-refractivity contribution is 9.11. The fourth-order valence-corrected chi connectivity index (χ4v) is 3.14. The van der Waals surface area contributed by atoms with Crippen molar-refractivity contribution < 1.29 is 19.1 Å². The molecule has 0 fully saturated rings. The number of benzene rings is 1. The predicted octanol–water partition coefficient (Wildman–Crippen LogP) is 3.82. The van der Waals surface area contributed by atoms with E-state index in [4.69, 9.17) is 9.47 Å². The fourth-order valence-electron chi connectivity index (χ4n) is 1.75. The highest BCUT2D eigenvalue weighted by atomic mass is 79.9. The summed E-state index contributed by atoms with van der Waals surface area (Å²) in [6.07, 6.45) is -0.360. The van der Waals surface area contributed by atoms with Crippen LogP contribution in [0.5, 0.6) is 0 Å². The largest absolute Gasteiger partial charge is 0.467 e. The van der Waals surface area contributed by atoms with E-state index in [-0.39, 0.29) is 0 Å². The van der Waals surface area contributed by atoms with Gasteiger partial charge in [-0.15, -0.1) is 0 Å². The zero-order valence-corrected chi connectivity index (χ0v) is 16.1. The van der Waals surface area contributed by atoms with E-state index in [9.17, 15) is 9.59 Å². The molecule has 0 heterocycles. The molecule has 1 atom stereocenters. The third kappa shape index (κ3) is 6.79. The van der Waals surface area contributed by atoms with Gasteiger partial charge in [0.2, 0.25) is 0 Å². The number of carbonyl (C=O) groups excluding carboxylic acids is 2. The van der Waals surface area contributed by atoms with Crippen LogP contribution in [0.1, 0.15) is 26.3 Å². The summed E-state index contributed by atoms with van der Waals surface area (Å²) in [4.78, 5) is 23.7. The smallest absolute Gasteiger partial charge is 0.408 e. The van der Waals surface area contributed by atoms with Gasteiger partial charge in [-0.3, -0.25) is 0 Å². The molecular formula is C15H19Br2NO4. The third-order valence-electron chi connectivity index (χ3n) is 2.54. The van der Waals surface area contributed by atoms with Crippen LogP contribution in [0.2, 0.25) is 0 Å². The molecule has 0 radical (unpaired) electrons. The Morgan fingerprint density at radius 1 is 1.18 bits per heavy atom. The van der Waals surface area contributed by atoms with Gasteiger partial charge in [-0.1, -0.05) is 31.9 Å². The van der Waals surface area contributed by atoms with Crippen molar-refractivity contribution in [3.8, 4) is 0 Å². The van der Waals surface area contributed by atoms with Crippen molar-refractivity contribution in [2.75, 3.05) is 7.11 Å². The van der Waals surface area contributed by atoms with E-state index in [1.165, 1.54) is 7.11 Å². The lowest BCUT2D eigenvalue weighted by molar-refractivity contribution is -0.143. The van der Waals surface area contributed by atoms with Crippen molar-refractivity contribution in [3.63, 3.8) is 0 Å². The Kier molecular flexibility index (Phi) is 6.87. The minimum Gasteiger partial charge on any atom is -0.467 e. The molecule has 0 aliphatic carbocycles. The van der Waals surface area contributed by atoms with Crippen molar-refractivity contribution in [2.24, 2.45) is 0 Å². The van der Waals surface area contributed by atoms with Crippen molar-refractivity contribution >= 4 is 43.9 Å².